The van der Waals surface area contributed by atoms with E-state index in [9.17, 15) is 18.0 Å². The van der Waals surface area contributed by atoms with Crippen LogP contribution in [0, 0.1) is 6.92 Å². The molecule has 0 unspecified atom stereocenters. The highest BCUT2D eigenvalue weighted by Gasteiger charge is 2.44. The fourth-order valence-corrected chi connectivity index (χ4v) is 5.30. The Morgan fingerprint density at radius 2 is 2.12 bits per heavy atom. The normalized spacial score (nSPS) is 24.6. The molecule has 1 aromatic rings. The summed E-state index contributed by atoms with van der Waals surface area (Å²) in [5.74, 6) is -0.833. The van der Waals surface area contributed by atoms with Gasteiger partial charge in [0.15, 0.2) is 16.4 Å². The second kappa shape index (κ2) is 6.64. The zero-order valence-electron chi connectivity index (χ0n) is 13.8. The van der Waals surface area contributed by atoms with Gasteiger partial charge in [0.05, 0.1) is 23.1 Å². The van der Waals surface area contributed by atoms with Gasteiger partial charge in [0.1, 0.15) is 5.75 Å². The first kappa shape index (κ1) is 17.7. The van der Waals surface area contributed by atoms with Crippen molar-refractivity contribution in [3.63, 3.8) is 0 Å². The van der Waals surface area contributed by atoms with Gasteiger partial charge in [-0.25, -0.2) is 13.2 Å². The van der Waals surface area contributed by atoms with Gasteiger partial charge in [-0.1, -0.05) is 0 Å². The highest BCUT2D eigenvalue weighted by molar-refractivity contribution is 7.91. The Bertz CT molecular complexity index is 807. The van der Waals surface area contributed by atoms with Crippen LogP contribution in [-0.4, -0.2) is 73.6 Å². The van der Waals surface area contributed by atoms with Crippen LogP contribution < -0.4 is 10.1 Å². The van der Waals surface area contributed by atoms with E-state index < -0.39 is 15.8 Å². The topological polar surface area (TPSA) is 113 Å². The molecular formula is C16H20N2O6S. The molecule has 25 heavy (non-hydrogen) atoms. The Morgan fingerprint density at radius 1 is 1.36 bits per heavy atom. The predicted octanol–water partition coefficient (Wildman–Crippen LogP) is -0.331. The number of benzene rings is 1. The second-order valence-electron chi connectivity index (χ2n) is 6.37. The van der Waals surface area contributed by atoms with Crippen LogP contribution in [0.3, 0.4) is 0 Å². The molecule has 2 fully saturated rings. The number of rotatable bonds is 4. The summed E-state index contributed by atoms with van der Waals surface area (Å²) in [4.78, 5) is 25.0. The smallest absolute Gasteiger partial charge is 0.335 e. The maximum absolute atomic E-state index is 12.5. The summed E-state index contributed by atoms with van der Waals surface area (Å²) in [7, 11) is -3.13. The maximum atomic E-state index is 12.5. The molecule has 1 aromatic carbocycles. The van der Waals surface area contributed by atoms with Gasteiger partial charge >= 0.3 is 5.97 Å². The lowest BCUT2D eigenvalue weighted by molar-refractivity contribution is -0.136. The number of carbonyl (C=O) groups is 2. The summed E-state index contributed by atoms with van der Waals surface area (Å²) in [6.07, 6.45) is 0. The summed E-state index contributed by atoms with van der Waals surface area (Å²) in [6.45, 7) is 2.48. The lowest BCUT2D eigenvalue weighted by atomic mass is 10.1. The van der Waals surface area contributed by atoms with E-state index in [4.69, 9.17) is 9.84 Å². The third-order valence-corrected chi connectivity index (χ3v) is 6.29. The molecule has 8 nitrogen and oxygen atoms in total. The predicted molar refractivity (Wildman–Crippen MR) is 89.6 cm³/mol. The number of carbonyl (C=O) groups excluding carboxylic acids is 1. The van der Waals surface area contributed by atoms with E-state index in [-0.39, 0.29) is 41.7 Å². The van der Waals surface area contributed by atoms with Gasteiger partial charge in [-0.15, -0.1) is 0 Å². The highest BCUT2D eigenvalue weighted by atomic mass is 32.2. The van der Waals surface area contributed by atoms with Gasteiger partial charge in [-0.05, 0) is 30.7 Å². The Hall–Kier alpha value is -2.13. The van der Waals surface area contributed by atoms with Crippen molar-refractivity contribution < 1.29 is 27.9 Å². The molecule has 2 heterocycles. The molecule has 0 radical (unpaired) electrons. The molecule has 1 amide bonds. The third kappa shape index (κ3) is 3.77. The lowest BCUT2D eigenvalue weighted by Gasteiger charge is -2.37. The van der Waals surface area contributed by atoms with E-state index in [1.807, 2.05) is 0 Å². The van der Waals surface area contributed by atoms with Crippen molar-refractivity contribution in [2.45, 2.75) is 19.0 Å². The minimum Gasteiger partial charge on any atom is -0.483 e. The minimum absolute atomic E-state index is 0.0251. The lowest BCUT2D eigenvalue weighted by Crippen LogP contribution is -2.59. The van der Waals surface area contributed by atoms with Crippen molar-refractivity contribution in [3.8, 4) is 5.75 Å². The standard InChI is InChI=1S/C16H20N2O6S/c1-10-6-11(16(20)21)2-3-14(10)24-7-15(19)18-5-4-17-12-8-25(22,23)9-13(12)18/h2-3,6,12-13,17H,4-5,7-9H2,1H3,(H,20,21)/t12-,13+/m1/s1. The number of hydrogen-bond acceptors (Lipinski definition) is 6. The molecule has 136 valence electrons. The first-order valence-corrected chi connectivity index (χ1v) is 9.79. The summed E-state index contributed by atoms with van der Waals surface area (Å²) in [6, 6.07) is 3.84. The highest BCUT2D eigenvalue weighted by Crippen LogP contribution is 2.23. The quantitative estimate of drug-likeness (QED) is 0.748. The number of ether oxygens (including phenoxy) is 1. The second-order valence-corrected chi connectivity index (χ2v) is 8.52. The van der Waals surface area contributed by atoms with Gasteiger partial charge < -0.3 is 20.1 Å². The average Bonchev–Trinajstić information content (AvgIpc) is 2.86. The molecule has 0 aliphatic carbocycles. The zero-order valence-corrected chi connectivity index (χ0v) is 14.6. The summed E-state index contributed by atoms with van der Waals surface area (Å²) in [5.41, 5.74) is 0.770. The van der Waals surface area contributed by atoms with Crippen LogP contribution in [0.25, 0.3) is 0 Å². The molecule has 2 saturated heterocycles. The number of nitrogens with one attached hydrogen (secondary N) is 1. The molecule has 0 spiro atoms. The largest absolute Gasteiger partial charge is 0.483 e. The molecule has 2 atom stereocenters. The van der Waals surface area contributed by atoms with Gasteiger partial charge in [-0.3, -0.25) is 4.79 Å². The fraction of sp³-hybridized carbons (Fsp3) is 0.500. The average molecular weight is 368 g/mol. The number of nitrogens with zero attached hydrogens (tertiary/aromatic N) is 1. The molecule has 2 aliphatic rings. The van der Waals surface area contributed by atoms with Crippen molar-refractivity contribution in [2.75, 3.05) is 31.2 Å². The summed E-state index contributed by atoms with van der Waals surface area (Å²) in [5, 5.41) is 12.1. The van der Waals surface area contributed by atoms with Crippen LogP contribution in [0.4, 0.5) is 0 Å². The summed E-state index contributed by atoms with van der Waals surface area (Å²) < 4.78 is 29.2. The van der Waals surface area contributed by atoms with Crippen LogP contribution in [0.5, 0.6) is 5.75 Å². The number of carboxylic acid groups (broad SMARTS) is 1. The van der Waals surface area contributed by atoms with Crippen molar-refractivity contribution >= 4 is 21.7 Å². The molecule has 2 aliphatic heterocycles. The van der Waals surface area contributed by atoms with E-state index in [1.165, 1.54) is 18.2 Å². The van der Waals surface area contributed by atoms with Crippen molar-refractivity contribution in [3.05, 3.63) is 29.3 Å². The number of hydrogen-bond donors (Lipinski definition) is 2. The zero-order chi connectivity index (χ0) is 18.2. The molecule has 9 heteroatoms. The molecule has 2 N–H and O–H groups in total. The van der Waals surface area contributed by atoms with E-state index >= 15 is 0 Å². The number of amides is 1. The number of carboxylic acids is 1. The van der Waals surface area contributed by atoms with Gasteiger partial charge in [0, 0.05) is 19.1 Å². The van der Waals surface area contributed by atoms with Crippen LogP contribution in [-0.2, 0) is 14.6 Å². The van der Waals surface area contributed by atoms with Crippen LogP contribution in [0.15, 0.2) is 18.2 Å². The van der Waals surface area contributed by atoms with Gasteiger partial charge in [0.2, 0.25) is 0 Å². The van der Waals surface area contributed by atoms with E-state index in [0.717, 1.165) is 0 Å². The van der Waals surface area contributed by atoms with Gasteiger partial charge in [-0.2, -0.15) is 0 Å². The number of fused-ring (bicyclic) bond motifs is 1. The van der Waals surface area contributed by atoms with E-state index in [0.29, 0.717) is 24.4 Å². The SMILES string of the molecule is Cc1cc(C(=O)O)ccc1OCC(=O)N1CCN[C@@H]2CS(=O)(=O)C[C@@H]21. The number of piperazine rings is 1. The van der Waals surface area contributed by atoms with Crippen molar-refractivity contribution in [1.82, 2.24) is 10.2 Å². The van der Waals surface area contributed by atoms with Crippen LogP contribution >= 0.6 is 0 Å². The minimum atomic E-state index is -3.13. The fourth-order valence-electron chi connectivity index (χ4n) is 3.34. The third-order valence-electron chi connectivity index (χ3n) is 4.58. The molecule has 0 bridgehead atoms. The van der Waals surface area contributed by atoms with Gasteiger partial charge in [0.25, 0.3) is 5.91 Å². The first-order valence-electron chi connectivity index (χ1n) is 7.97. The Morgan fingerprint density at radius 3 is 2.80 bits per heavy atom. The summed E-state index contributed by atoms with van der Waals surface area (Å²) >= 11 is 0. The number of sulfone groups is 1. The van der Waals surface area contributed by atoms with Crippen molar-refractivity contribution in [2.24, 2.45) is 0 Å². The Balaban J connectivity index is 1.65. The molecule has 0 aromatic heterocycles. The van der Waals surface area contributed by atoms with Crippen LogP contribution in [0.2, 0.25) is 0 Å². The Labute approximate surface area is 145 Å². The maximum Gasteiger partial charge on any atom is 0.335 e. The number of aromatic carboxylic acids is 1. The molecule has 3 rings (SSSR count). The number of aryl methyl sites for hydroxylation is 1. The monoisotopic (exact) mass is 368 g/mol. The first-order chi connectivity index (χ1) is 11.8. The van der Waals surface area contributed by atoms with Crippen LogP contribution in [0.1, 0.15) is 15.9 Å². The van der Waals surface area contributed by atoms with E-state index in [1.54, 1.807) is 11.8 Å². The van der Waals surface area contributed by atoms with Crippen molar-refractivity contribution in [1.29, 1.82) is 0 Å². The molecule has 0 saturated carbocycles. The Kier molecular flexibility index (Phi) is 4.70. The van der Waals surface area contributed by atoms with E-state index in [2.05, 4.69) is 5.32 Å². The molecular weight excluding hydrogens is 348 g/mol.